The molecule has 1 atom stereocenters. The van der Waals surface area contributed by atoms with E-state index in [-0.39, 0.29) is 6.61 Å². The molecular formula is C12H18O3. The summed E-state index contributed by atoms with van der Waals surface area (Å²) in [5.74, 6) is 0.750. The van der Waals surface area contributed by atoms with Crippen LogP contribution < -0.4 is 4.74 Å². The third-order valence-corrected chi connectivity index (χ3v) is 2.59. The van der Waals surface area contributed by atoms with Crippen LogP contribution in [0.4, 0.5) is 0 Å². The Morgan fingerprint density at radius 3 is 2.47 bits per heavy atom. The van der Waals surface area contributed by atoms with Crippen LogP contribution in [0.3, 0.4) is 0 Å². The van der Waals surface area contributed by atoms with Crippen LogP contribution in [-0.2, 0) is 4.74 Å². The second-order valence-corrected chi connectivity index (χ2v) is 3.60. The van der Waals surface area contributed by atoms with E-state index in [2.05, 4.69) is 0 Å². The zero-order valence-electron chi connectivity index (χ0n) is 9.70. The van der Waals surface area contributed by atoms with Crippen LogP contribution in [0.15, 0.2) is 12.1 Å². The fraction of sp³-hybridized carbons (Fsp3) is 0.500. The van der Waals surface area contributed by atoms with Gasteiger partial charge in [0.15, 0.2) is 0 Å². The molecule has 0 fully saturated rings. The van der Waals surface area contributed by atoms with Crippen molar-refractivity contribution in [2.75, 3.05) is 20.8 Å². The normalized spacial score (nSPS) is 12.6. The van der Waals surface area contributed by atoms with Crippen molar-refractivity contribution in [1.82, 2.24) is 0 Å². The number of aliphatic hydroxyl groups is 1. The van der Waals surface area contributed by atoms with Gasteiger partial charge >= 0.3 is 0 Å². The molecule has 0 aliphatic heterocycles. The van der Waals surface area contributed by atoms with Gasteiger partial charge in [0.2, 0.25) is 0 Å². The second kappa shape index (κ2) is 5.14. The maximum atomic E-state index is 9.84. The molecule has 0 aliphatic rings. The zero-order chi connectivity index (χ0) is 11.4. The lowest BCUT2D eigenvalue weighted by atomic mass is 10.0. The van der Waals surface area contributed by atoms with Gasteiger partial charge in [-0.15, -0.1) is 0 Å². The number of hydrogen-bond donors (Lipinski definition) is 1. The van der Waals surface area contributed by atoms with E-state index in [1.807, 2.05) is 26.0 Å². The first-order valence-corrected chi connectivity index (χ1v) is 4.93. The Hall–Kier alpha value is -1.06. The summed E-state index contributed by atoms with van der Waals surface area (Å²) in [6.07, 6.45) is -0.635. The molecular weight excluding hydrogens is 192 g/mol. The van der Waals surface area contributed by atoms with Crippen molar-refractivity contribution in [2.24, 2.45) is 0 Å². The van der Waals surface area contributed by atoms with Crippen LogP contribution in [-0.4, -0.2) is 25.9 Å². The SMILES string of the molecule is COCC(O)c1ccc(C)c(C)c1OC. The topological polar surface area (TPSA) is 38.7 Å². The molecule has 15 heavy (non-hydrogen) atoms. The van der Waals surface area contributed by atoms with Crippen LogP contribution in [0.2, 0.25) is 0 Å². The van der Waals surface area contributed by atoms with E-state index in [1.54, 1.807) is 14.2 Å². The van der Waals surface area contributed by atoms with Gasteiger partial charge in [-0.2, -0.15) is 0 Å². The Bertz CT molecular complexity index is 334. The monoisotopic (exact) mass is 210 g/mol. The van der Waals surface area contributed by atoms with Crippen molar-refractivity contribution in [3.8, 4) is 5.75 Å². The number of rotatable bonds is 4. The highest BCUT2D eigenvalue weighted by atomic mass is 16.5. The molecule has 0 spiro atoms. The fourth-order valence-electron chi connectivity index (χ4n) is 1.59. The number of hydrogen-bond acceptors (Lipinski definition) is 3. The second-order valence-electron chi connectivity index (χ2n) is 3.60. The van der Waals surface area contributed by atoms with Gasteiger partial charge in [-0.1, -0.05) is 12.1 Å². The smallest absolute Gasteiger partial charge is 0.127 e. The summed E-state index contributed by atoms with van der Waals surface area (Å²) < 4.78 is 10.2. The fourth-order valence-corrected chi connectivity index (χ4v) is 1.59. The van der Waals surface area contributed by atoms with Gasteiger partial charge in [0.1, 0.15) is 11.9 Å². The third kappa shape index (κ3) is 2.49. The molecule has 0 heterocycles. The lowest BCUT2D eigenvalue weighted by molar-refractivity contribution is 0.0627. The van der Waals surface area contributed by atoms with Crippen molar-refractivity contribution in [3.05, 3.63) is 28.8 Å². The quantitative estimate of drug-likeness (QED) is 0.826. The molecule has 0 radical (unpaired) electrons. The Labute approximate surface area is 90.6 Å². The number of methoxy groups -OCH3 is 2. The van der Waals surface area contributed by atoms with Gasteiger partial charge in [0.05, 0.1) is 13.7 Å². The van der Waals surface area contributed by atoms with Crippen LogP contribution in [0.5, 0.6) is 5.75 Å². The van der Waals surface area contributed by atoms with E-state index in [0.717, 1.165) is 22.4 Å². The molecule has 84 valence electrons. The molecule has 0 bridgehead atoms. The van der Waals surface area contributed by atoms with Crippen LogP contribution in [0.1, 0.15) is 22.8 Å². The van der Waals surface area contributed by atoms with Gasteiger partial charge in [0.25, 0.3) is 0 Å². The standard InChI is InChI=1S/C12H18O3/c1-8-5-6-10(11(13)7-14-3)12(15-4)9(8)2/h5-6,11,13H,7H2,1-4H3. The van der Waals surface area contributed by atoms with Crippen molar-refractivity contribution in [3.63, 3.8) is 0 Å². The van der Waals surface area contributed by atoms with Crippen LogP contribution >= 0.6 is 0 Å². The average Bonchev–Trinajstić information content (AvgIpc) is 2.22. The molecule has 1 unspecified atom stereocenters. The minimum atomic E-state index is -0.635. The number of aryl methyl sites for hydroxylation is 1. The molecule has 3 nitrogen and oxygen atoms in total. The highest BCUT2D eigenvalue weighted by Gasteiger charge is 2.15. The van der Waals surface area contributed by atoms with E-state index in [0.29, 0.717) is 0 Å². The van der Waals surface area contributed by atoms with Gasteiger partial charge in [-0.3, -0.25) is 0 Å². The van der Waals surface area contributed by atoms with E-state index in [4.69, 9.17) is 9.47 Å². The van der Waals surface area contributed by atoms with Crippen molar-refractivity contribution >= 4 is 0 Å². The minimum absolute atomic E-state index is 0.277. The van der Waals surface area contributed by atoms with E-state index in [1.165, 1.54) is 0 Å². The summed E-state index contributed by atoms with van der Waals surface area (Å²) in [6, 6.07) is 3.86. The summed E-state index contributed by atoms with van der Waals surface area (Å²) in [5.41, 5.74) is 2.99. The maximum absolute atomic E-state index is 9.84. The van der Waals surface area contributed by atoms with Gasteiger partial charge in [-0.25, -0.2) is 0 Å². The summed E-state index contributed by atoms with van der Waals surface area (Å²) in [5, 5.41) is 9.84. The lowest BCUT2D eigenvalue weighted by Gasteiger charge is -2.17. The lowest BCUT2D eigenvalue weighted by Crippen LogP contribution is -2.08. The first-order chi connectivity index (χ1) is 7.11. The van der Waals surface area contributed by atoms with Crippen LogP contribution in [0.25, 0.3) is 0 Å². The van der Waals surface area contributed by atoms with E-state index < -0.39 is 6.10 Å². The van der Waals surface area contributed by atoms with Crippen molar-refractivity contribution in [2.45, 2.75) is 20.0 Å². The Morgan fingerprint density at radius 2 is 1.93 bits per heavy atom. The summed E-state index contributed by atoms with van der Waals surface area (Å²) in [7, 11) is 3.18. The Morgan fingerprint density at radius 1 is 1.27 bits per heavy atom. The van der Waals surface area contributed by atoms with E-state index >= 15 is 0 Å². The van der Waals surface area contributed by atoms with Crippen LogP contribution in [0, 0.1) is 13.8 Å². The van der Waals surface area contributed by atoms with E-state index in [9.17, 15) is 5.11 Å². The first-order valence-electron chi connectivity index (χ1n) is 4.93. The summed E-state index contributed by atoms with van der Waals surface area (Å²) >= 11 is 0. The Balaban J connectivity index is 3.12. The highest BCUT2D eigenvalue weighted by Crippen LogP contribution is 2.30. The largest absolute Gasteiger partial charge is 0.496 e. The van der Waals surface area contributed by atoms with Crippen molar-refractivity contribution in [1.29, 1.82) is 0 Å². The Kier molecular flexibility index (Phi) is 4.12. The van der Waals surface area contributed by atoms with Gasteiger partial charge in [-0.05, 0) is 25.0 Å². The molecule has 1 aromatic rings. The highest BCUT2D eigenvalue weighted by molar-refractivity contribution is 5.46. The summed E-state index contributed by atoms with van der Waals surface area (Å²) in [4.78, 5) is 0. The maximum Gasteiger partial charge on any atom is 0.127 e. The zero-order valence-corrected chi connectivity index (χ0v) is 9.70. The van der Waals surface area contributed by atoms with Gasteiger partial charge in [0, 0.05) is 12.7 Å². The molecule has 3 heteroatoms. The van der Waals surface area contributed by atoms with Crippen molar-refractivity contribution < 1.29 is 14.6 Å². The molecule has 0 aliphatic carbocycles. The molecule has 1 N–H and O–H groups in total. The molecule has 1 rings (SSSR count). The predicted octanol–water partition coefficient (Wildman–Crippen LogP) is 1.99. The molecule has 0 aromatic heterocycles. The first kappa shape index (κ1) is 12.0. The third-order valence-electron chi connectivity index (χ3n) is 2.59. The molecule has 0 saturated heterocycles. The molecule has 1 aromatic carbocycles. The summed E-state index contributed by atoms with van der Waals surface area (Å²) in [6.45, 7) is 4.28. The van der Waals surface area contributed by atoms with Gasteiger partial charge < -0.3 is 14.6 Å². The number of ether oxygens (including phenoxy) is 2. The number of aliphatic hydroxyl groups excluding tert-OH is 1. The molecule has 0 saturated carbocycles. The predicted molar refractivity (Wildman–Crippen MR) is 59.3 cm³/mol. The molecule has 0 amide bonds. The number of benzene rings is 1. The average molecular weight is 210 g/mol. The minimum Gasteiger partial charge on any atom is -0.496 e.